The van der Waals surface area contributed by atoms with Crippen molar-refractivity contribution in [3.8, 4) is 0 Å². The van der Waals surface area contributed by atoms with Gasteiger partial charge in [0.2, 0.25) is 5.91 Å². The Morgan fingerprint density at radius 1 is 1.71 bits per heavy atom. The van der Waals surface area contributed by atoms with E-state index in [1.54, 1.807) is 0 Å². The molecule has 3 unspecified atom stereocenters. The highest BCUT2D eigenvalue weighted by Gasteiger charge is 2.27. The summed E-state index contributed by atoms with van der Waals surface area (Å²) >= 11 is 0. The Balaban J connectivity index is 2.39. The zero-order valence-electron chi connectivity index (χ0n) is 8.95. The average Bonchev–Trinajstić information content (AvgIpc) is 2.54. The van der Waals surface area contributed by atoms with Gasteiger partial charge in [0.25, 0.3) is 0 Å². The van der Waals surface area contributed by atoms with Crippen LogP contribution < -0.4 is 11.1 Å². The fourth-order valence-corrected chi connectivity index (χ4v) is 1.68. The molecule has 1 aliphatic rings. The highest BCUT2D eigenvalue weighted by Crippen LogP contribution is 2.13. The lowest BCUT2D eigenvalue weighted by Crippen LogP contribution is -2.43. The van der Waals surface area contributed by atoms with Crippen molar-refractivity contribution in [3.05, 3.63) is 0 Å². The normalized spacial score (nSPS) is 28.8. The fraction of sp³-hybridized carbons (Fsp3) is 0.900. The van der Waals surface area contributed by atoms with E-state index in [1.807, 2.05) is 13.8 Å². The largest absolute Gasteiger partial charge is 0.376 e. The molecule has 0 aliphatic carbocycles. The van der Waals surface area contributed by atoms with Gasteiger partial charge in [-0.2, -0.15) is 0 Å². The maximum atomic E-state index is 11.7. The molecule has 4 nitrogen and oxygen atoms in total. The molecule has 0 aromatic rings. The Labute approximate surface area is 85.2 Å². The minimum absolute atomic E-state index is 0.0530. The van der Waals surface area contributed by atoms with Gasteiger partial charge in [-0.1, -0.05) is 6.92 Å². The molecule has 1 aliphatic heterocycles. The Morgan fingerprint density at radius 2 is 2.43 bits per heavy atom. The van der Waals surface area contributed by atoms with Crippen LogP contribution in [0.25, 0.3) is 0 Å². The van der Waals surface area contributed by atoms with Crippen molar-refractivity contribution in [2.75, 3.05) is 13.2 Å². The summed E-state index contributed by atoms with van der Waals surface area (Å²) in [6, 6.07) is 0.170. The van der Waals surface area contributed by atoms with Crippen molar-refractivity contribution >= 4 is 5.91 Å². The van der Waals surface area contributed by atoms with Crippen molar-refractivity contribution in [2.24, 2.45) is 11.7 Å². The first-order chi connectivity index (χ1) is 6.69. The number of nitrogens with two attached hydrogens (primary N) is 1. The summed E-state index contributed by atoms with van der Waals surface area (Å²) in [6.45, 7) is 5.13. The van der Waals surface area contributed by atoms with E-state index in [0.717, 1.165) is 19.4 Å². The Morgan fingerprint density at radius 3 is 2.86 bits per heavy atom. The first kappa shape index (κ1) is 11.5. The third kappa shape index (κ3) is 2.69. The van der Waals surface area contributed by atoms with Crippen LogP contribution >= 0.6 is 0 Å². The number of rotatable bonds is 4. The molecule has 1 rings (SSSR count). The number of nitrogens with one attached hydrogen (secondary N) is 1. The third-order valence-corrected chi connectivity index (χ3v) is 2.85. The van der Waals surface area contributed by atoms with Crippen molar-refractivity contribution < 1.29 is 9.53 Å². The van der Waals surface area contributed by atoms with Crippen LogP contribution in [-0.2, 0) is 9.53 Å². The lowest BCUT2D eigenvalue weighted by molar-refractivity contribution is -0.125. The van der Waals surface area contributed by atoms with E-state index in [4.69, 9.17) is 10.5 Å². The van der Waals surface area contributed by atoms with Crippen LogP contribution in [0.3, 0.4) is 0 Å². The third-order valence-electron chi connectivity index (χ3n) is 2.85. The van der Waals surface area contributed by atoms with Crippen LogP contribution in [0.1, 0.15) is 26.7 Å². The minimum atomic E-state index is -0.0530. The molecule has 4 heteroatoms. The van der Waals surface area contributed by atoms with E-state index in [2.05, 4.69) is 5.32 Å². The van der Waals surface area contributed by atoms with E-state index in [1.165, 1.54) is 0 Å². The first-order valence-electron chi connectivity index (χ1n) is 5.31. The minimum Gasteiger partial charge on any atom is -0.376 e. The number of hydrogen-bond acceptors (Lipinski definition) is 3. The van der Waals surface area contributed by atoms with Gasteiger partial charge in [0.15, 0.2) is 0 Å². The monoisotopic (exact) mass is 200 g/mol. The molecule has 0 saturated carbocycles. The fourth-order valence-electron chi connectivity index (χ4n) is 1.68. The van der Waals surface area contributed by atoms with Crippen LogP contribution in [0.15, 0.2) is 0 Å². The second kappa shape index (κ2) is 5.32. The van der Waals surface area contributed by atoms with Gasteiger partial charge < -0.3 is 15.8 Å². The van der Waals surface area contributed by atoms with Crippen LogP contribution in [0.2, 0.25) is 0 Å². The first-order valence-corrected chi connectivity index (χ1v) is 5.31. The van der Waals surface area contributed by atoms with E-state index >= 15 is 0 Å². The van der Waals surface area contributed by atoms with Crippen molar-refractivity contribution in [1.29, 1.82) is 0 Å². The second-order valence-corrected chi connectivity index (χ2v) is 3.82. The summed E-state index contributed by atoms with van der Waals surface area (Å²) in [6.07, 6.45) is 1.84. The van der Waals surface area contributed by atoms with Gasteiger partial charge in [0.1, 0.15) is 0 Å². The molecule has 0 spiro atoms. The molecule has 0 radical (unpaired) electrons. The second-order valence-electron chi connectivity index (χ2n) is 3.82. The summed E-state index contributed by atoms with van der Waals surface area (Å²) in [4.78, 5) is 11.7. The van der Waals surface area contributed by atoms with E-state index in [0.29, 0.717) is 6.54 Å². The quantitative estimate of drug-likeness (QED) is 0.684. The lowest BCUT2D eigenvalue weighted by atomic mass is 10.0. The number of carbonyl (C=O) groups excluding carboxylic acids is 1. The predicted octanol–water partition coefficient (Wildman–Crippen LogP) is 0.265. The molecule has 0 bridgehead atoms. The van der Waals surface area contributed by atoms with Gasteiger partial charge in [0, 0.05) is 19.1 Å². The molecule has 1 heterocycles. The summed E-state index contributed by atoms with van der Waals surface area (Å²) in [5.74, 6) is 0.0140. The Bertz CT molecular complexity index is 193. The zero-order valence-corrected chi connectivity index (χ0v) is 8.95. The van der Waals surface area contributed by atoms with Crippen LogP contribution in [0.5, 0.6) is 0 Å². The number of amides is 1. The molecule has 14 heavy (non-hydrogen) atoms. The topological polar surface area (TPSA) is 64.4 Å². The molecule has 1 saturated heterocycles. The number of ether oxygens (including phenoxy) is 1. The lowest BCUT2D eigenvalue weighted by Gasteiger charge is -2.19. The predicted molar refractivity (Wildman–Crippen MR) is 54.8 cm³/mol. The molecule has 82 valence electrons. The maximum Gasteiger partial charge on any atom is 0.224 e. The van der Waals surface area contributed by atoms with Gasteiger partial charge in [0.05, 0.1) is 12.1 Å². The summed E-state index contributed by atoms with van der Waals surface area (Å²) in [5.41, 5.74) is 5.50. The molecular weight excluding hydrogens is 180 g/mol. The highest BCUT2D eigenvalue weighted by atomic mass is 16.5. The molecule has 3 atom stereocenters. The maximum absolute atomic E-state index is 11.7. The standard InChI is InChI=1S/C10H20N2O2/c1-3-8(6-11)10(13)12-9-4-5-14-7(9)2/h7-9H,3-6,11H2,1-2H3,(H,12,13). The van der Waals surface area contributed by atoms with Gasteiger partial charge in [-0.3, -0.25) is 4.79 Å². The highest BCUT2D eigenvalue weighted by molar-refractivity contribution is 5.79. The average molecular weight is 200 g/mol. The van der Waals surface area contributed by atoms with Gasteiger partial charge in [-0.05, 0) is 19.8 Å². The van der Waals surface area contributed by atoms with E-state index in [-0.39, 0.29) is 24.0 Å². The summed E-state index contributed by atoms with van der Waals surface area (Å²) in [7, 11) is 0. The number of carbonyl (C=O) groups is 1. The van der Waals surface area contributed by atoms with Crippen molar-refractivity contribution in [3.63, 3.8) is 0 Å². The van der Waals surface area contributed by atoms with Crippen molar-refractivity contribution in [1.82, 2.24) is 5.32 Å². The molecule has 1 fully saturated rings. The van der Waals surface area contributed by atoms with Crippen molar-refractivity contribution in [2.45, 2.75) is 38.8 Å². The molecule has 0 aromatic heterocycles. The molecule has 0 aromatic carbocycles. The molecular formula is C10H20N2O2. The van der Waals surface area contributed by atoms with Crippen LogP contribution in [0.4, 0.5) is 0 Å². The SMILES string of the molecule is CCC(CN)C(=O)NC1CCOC1C. The van der Waals surface area contributed by atoms with E-state index in [9.17, 15) is 4.79 Å². The van der Waals surface area contributed by atoms with Gasteiger partial charge in [-0.15, -0.1) is 0 Å². The van der Waals surface area contributed by atoms with Gasteiger partial charge >= 0.3 is 0 Å². The zero-order chi connectivity index (χ0) is 10.6. The van der Waals surface area contributed by atoms with Crippen LogP contribution in [0, 0.1) is 5.92 Å². The smallest absolute Gasteiger partial charge is 0.224 e. The summed E-state index contributed by atoms with van der Waals surface area (Å²) < 4.78 is 5.37. The molecule has 3 N–H and O–H groups in total. The van der Waals surface area contributed by atoms with Gasteiger partial charge in [-0.25, -0.2) is 0 Å². The number of hydrogen-bond donors (Lipinski definition) is 2. The van der Waals surface area contributed by atoms with Crippen LogP contribution in [-0.4, -0.2) is 31.2 Å². The summed E-state index contributed by atoms with van der Waals surface area (Å²) in [5, 5.41) is 2.99. The Hall–Kier alpha value is -0.610. The Kier molecular flexibility index (Phi) is 4.35. The van der Waals surface area contributed by atoms with E-state index < -0.39 is 0 Å². The molecule has 1 amide bonds.